The highest BCUT2D eigenvalue weighted by Gasteiger charge is 2.04. The van der Waals surface area contributed by atoms with Crippen LogP contribution in [0.2, 0.25) is 0 Å². The molecule has 1 aromatic heterocycles. The van der Waals surface area contributed by atoms with E-state index in [1.165, 1.54) is 22.8 Å². The second-order valence-electron chi connectivity index (χ2n) is 4.53. The van der Waals surface area contributed by atoms with Crippen LogP contribution in [0.25, 0.3) is 0 Å². The van der Waals surface area contributed by atoms with Crippen molar-refractivity contribution in [1.29, 1.82) is 0 Å². The molecule has 0 amide bonds. The summed E-state index contributed by atoms with van der Waals surface area (Å²) < 4.78 is 32.8. The van der Waals surface area contributed by atoms with Gasteiger partial charge in [-0.15, -0.1) is 0 Å². The molecule has 0 spiro atoms. The number of halogens is 2. The molecule has 0 bridgehead atoms. The lowest BCUT2D eigenvalue weighted by Gasteiger charge is -2.10. The number of pyridine rings is 1. The van der Waals surface area contributed by atoms with Gasteiger partial charge in [0.05, 0.1) is 12.3 Å². The van der Waals surface area contributed by atoms with Crippen LogP contribution in [0.15, 0.2) is 41.3 Å². The molecule has 2 rings (SSSR count). The van der Waals surface area contributed by atoms with Gasteiger partial charge in [0.1, 0.15) is 11.6 Å². The van der Waals surface area contributed by atoms with E-state index < -0.39 is 11.6 Å². The number of hydrogen-bond acceptors (Lipinski definition) is 3. The maximum absolute atomic E-state index is 13.5. The first-order chi connectivity index (χ1) is 10.1. The highest BCUT2D eigenvalue weighted by atomic mass is 19.1. The van der Waals surface area contributed by atoms with Gasteiger partial charge in [-0.05, 0) is 12.1 Å². The number of hydrogen-bond donors (Lipinski definition) is 1. The summed E-state index contributed by atoms with van der Waals surface area (Å²) in [6.45, 7) is 1.07. The number of nitrogens with zero attached hydrogens (tertiary/aromatic N) is 1. The zero-order valence-electron chi connectivity index (χ0n) is 11.6. The van der Waals surface area contributed by atoms with Crippen LogP contribution in [-0.4, -0.2) is 18.3 Å². The molecule has 0 radical (unpaired) electrons. The molecule has 1 heterocycles. The number of methoxy groups -OCH3 is 1. The van der Waals surface area contributed by atoms with Gasteiger partial charge in [0.2, 0.25) is 0 Å². The molecular formula is C15H16F2N2O2. The van der Waals surface area contributed by atoms with Gasteiger partial charge in [-0.25, -0.2) is 8.78 Å². The van der Waals surface area contributed by atoms with Crippen LogP contribution in [0.5, 0.6) is 0 Å². The molecule has 0 saturated carbocycles. The van der Waals surface area contributed by atoms with E-state index in [0.717, 1.165) is 6.07 Å². The molecule has 2 aromatic rings. The molecule has 0 atom stereocenters. The molecule has 1 N–H and O–H groups in total. The summed E-state index contributed by atoms with van der Waals surface area (Å²) in [6.07, 6.45) is 1.64. The van der Waals surface area contributed by atoms with Crippen molar-refractivity contribution in [3.63, 3.8) is 0 Å². The molecule has 112 valence electrons. The smallest absolute Gasteiger partial charge is 0.250 e. The van der Waals surface area contributed by atoms with Crippen LogP contribution in [0.3, 0.4) is 0 Å². The van der Waals surface area contributed by atoms with Gasteiger partial charge in [0.25, 0.3) is 5.56 Å². The summed E-state index contributed by atoms with van der Waals surface area (Å²) in [5.41, 5.74) is 0.894. The zero-order valence-corrected chi connectivity index (χ0v) is 11.6. The van der Waals surface area contributed by atoms with Gasteiger partial charge in [0.15, 0.2) is 0 Å². The molecule has 0 fully saturated rings. The maximum atomic E-state index is 13.5. The fraction of sp³-hybridized carbons (Fsp3) is 0.267. The Balaban J connectivity index is 2.07. The van der Waals surface area contributed by atoms with Crippen LogP contribution in [0.4, 0.5) is 14.5 Å². The first-order valence-electron chi connectivity index (χ1n) is 6.47. The van der Waals surface area contributed by atoms with Crippen molar-refractivity contribution >= 4 is 5.69 Å². The lowest BCUT2D eigenvalue weighted by Crippen LogP contribution is -2.21. The predicted molar refractivity (Wildman–Crippen MR) is 76.3 cm³/mol. The number of rotatable bonds is 6. The standard InChI is InChI=1S/C15H16F2N2O2/c1-21-7-6-19-10-13(4-5-15(19)20)18-9-11-2-3-12(16)8-14(11)17/h2-5,8,10,18H,6-7,9H2,1H3. The highest BCUT2D eigenvalue weighted by molar-refractivity contribution is 5.41. The summed E-state index contributed by atoms with van der Waals surface area (Å²) in [5.74, 6) is -1.21. The third-order valence-electron chi connectivity index (χ3n) is 3.02. The van der Waals surface area contributed by atoms with Crippen LogP contribution in [0.1, 0.15) is 5.56 Å². The van der Waals surface area contributed by atoms with Crippen LogP contribution in [0, 0.1) is 11.6 Å². The number of aromatic nitrogens is 1. The van der Waals surface area contributed by atoms with E-state index in [2.05, 4.69) is 5.32 Å². The van der Waals surface area contributed by atoms with Crippen molar-refractivity contribution in [3.05, 3.63) is 64.1 Å². The summed E-state index contributed by atoms with van der Waals surface area (Å²) in [4.78, 5) is 11.6. The molecule has 21 heavy (non-hydrogen) atoms. The van der Waals surface area contributed by atoms with Gasteiger partial charge in [-0.3, -0.25) is 4.79 Å². The second-order valence-corrected chi connectivity index (χ2v) is 4.53. The van der Waals surface area contributed by atoms with E-state index in [4.69, 9.17) is 4.74 Å². The Kier molecular flexibility index (Phi) is 5.05. The number of anilines is 1. The third kappa shape index (κ3) is 4.13. The second kappa shape index (κ2) is 6.99. The van der Waals surface area contributed by atoms with E-state index in [9.17, 15) is 13.6 Å². The molecule has 0 saturated heterocycles. The Hall–Kier alpha value is -2.21. The van der Waals surface area contributed by atoms with E-state index in [0.29, 0.717) is 24.4 Å². The Morgan fingerprint density at radius 2 is 2.05 bits per heavy atom. The number of benzene rings is 1. The van der Waals surface area contributed by atoms with E-state index in [1.807, 2.05) is 0 Å². The maximum Gasteiger partial charge on any atom is 0.250 e. The monoisotopic (exact) mass is 294 g/mol. The Morgan fingerprint density at radius 1 is 1.24 bits per heavy atom. The molecule has 6 heteroatoms. The van der Waals surface area contributed by atoms with Crippen molar-refractivity contribution in [2.75, 3.05) is 19.0 Å². The van der Waals surface area contributed by atoms with Crippen molar-refractivity contribution < 1.29 is 13.5 Å². The van der Waals surface area contributed by atoms with Gasteiger partial charge >= 0.3 is 0 Å². The van der Waals surface area contributed by atoms with Gasteiger partial charge < -0.3 is 14.6 Å². The Bertz CT molecular complexity index is 671. The lowest BCUT2D eigenvalue weighted by molar-refractivity contribution is 0.186. The average molecular weight is 294 g/mol. The third-order valence-corrected chi connectivity index (χ3v) is 3.02. The highest BCUT2D eigenvalue weighted by Crippen LogP contribution is 2.12. The van der Waals surface area contributed by atoms with Crippen LogP contribution >= 0.6 is 0 Å². The average Bonchev–Trinajstić information content (AvgIpc) is 2.46. The molecule has 0 unspecified atom stereocenters. The minimum absolute atomic E-state index is 0.134. The largest absolute Gasteiger partial charge is 0.383 e. The SMILES string of the molecule is COCCn1cc(NCc2ccc(F)cc2F)ccc1=O. The first-order valence-corrected chi connectivity index (χ1v) is 6.47. The minimum atomic E-state index is -0.607. The normalized spacial score (nSPS) is 10.6. The van der Waals surface area contributed by atoms with Crippen molar-refractivity contribution in [3.8, 4) is 0 Å². The summed E-state index contributed by atoms with van der Waals surface area (Å²) in [7, 11) is 1.56. The van der Waals surface area contributed by atoms with E-state index in [1.54, 1.807) is 19.4 Å². The van der Waals surface area contributed by atoms with Crippen LogP contribution < -0.4 is 10.9 Å². The van der Waals surface area contributed by atoms with Crippen molar-refractivity contribution in [1.82, 2.24) is 4.57 Å². The summed E-state index contributed by atoms with van der Waals surface area (Å²) in [5, 5.41) is 3.00. The molecular weight excluding hydrogens is 278 g/mol. The van der Waals surface area contributed by atoms with E-state index >= 15 is 0 Å². The van der Waals surface area contributed by atoms with E-state index in [-0.39, 0.29) is 12.1 Å². The van der Waals surface area contributed by atoms with Crippen molar-refractivity contribution in [2.45, 2.75) is 13.1 Å². The first kappa shape index (κ1) is 15.2. The van der Waals surface area contributed by atoms with Crippen molar-refractivity contribution in [2.24, 2.45) is 0 Å². The van der Waals surface area contributed by atoms with Gasteiger partial charge in [0, 0.05) is 44.1 Å². The molecule has 1 aromatic carbocycles. The fourth-order valence-corrected chi connectivity index (χ4v) is 1.86. The summed E-state index contributed by atoms with van der Waals surface area (Å²) in [6, 6.07) is 6.49. The molecule has 0 aliphatic rings. The lowest BCUT2D eigenvalue weighted by atomic mass is 10.2. The molecule has 0 aliphatic heterocycles. The summed E-state index contributed by atoms with van der Waals surface area (Å²) >= 11 is 0. The minimum Gasteiger partial charge on any atom is -0.383 e. The fourth-order valence-electron chi connectivity index (χ4n) is 1.86. The quantitative estimate of drug-likeness (QED) is 0.889. The molecule has 4 nitrogen and oxygen atoms in total. The van der Waals surface area contributed by atoms with Gasteiger partial charge in [-0.2, -0.15) is 0 Å². The molecule has 0 aliphatic carbocycles. The predicted octanol–water partition coefficient (Wildman–Crippen LogP) is 2.39. The van der Waals surface area contributed by atoms with Crippen LogP contribution in [-0.2, 0) is 17.8 Å². The number of ether oxygens (including phenoxy) is 1. The Morgan fingerprint density at radius 3 is 2.76 bits per heavy atom. The zero-order chi connectivity index (χ0) is 15.2. The Labute approximate surface area is 121 Å². The number of nitrogens with one attached hydrogen (secondary N) is 1. The van der Waals surface area contributed by atoms with Gasteiger partial charge in [-0.1, -0.05) is 6.07 Å². The topological polar surface area (TPSA) is 43.3 Å².